The summed E-state index contributed by atoms with van der Waals surface area (Å²) in [6.45, 7) is 5.03. The first kappa shape index (κ1) is 18.2. The van der Waals surface area contributed by atoms with Gasteiger partial charge in [-0.25, -0.2) is 0 Å². The summed E-state index contributed by atoms with van der Waals surface area (Å²) >= 11 is 5.98. The maximum Gasteiger partial charge on any atom is 0.353 e. The first-order chi connectivity index (χ1) is 12.3. The second-order valence-corrected chi connectivity index (χ2v) is 6.60. The third kappa shape index (κ3) is 3.94. The molecule has 2 aromatic rings. The van der Waals surface area contributed by atoms with E-state index >= 15 is 0 Å². The number of halogens is 1. The minimum absolute atomic E-state index is 0.0110. The fourth-order valence-electron chi connectivity index (χ4n) is 2.91. The molecule has 3 N–H and O–H groups in total. The zero-order chi connectivity index (χ0) is 18.8. The number of benzene rings is 1. The first-order valence-electron chi connectivity index (χ1n) is 8.08. The third-order valence-electron chi connectivity index (χ3n) is 3.87. The van der Waals surface area contributed by atoms with E-state index in [2.05, 4.69) is 15.3 Å². The van der Waals surface area contributed by atoms with Gasteiger partial charge in [-0.15, -0.1) is 0 Å². The van der Waals surface area contributed by atoms with Crippen molar-refractivity contribution in [1.82, 2.24) is 9.97 Å². The van der Waals surface area contributed by atoms with Gasteiger partial charge in [-0.05, 0) is 32.0 Å². The highest BCUT2D eigenvalue weighted by Gasteiger charge is 2.29. The number of nitrogens with one attached hydrogen (secondary N) is 1. The van der Waals surface area contributed by atoms with Crippen LogP contribution in [-0.4, -0.2) is 40.2 Å². The fraction of sp³-hybridized carbons (Fsp3) is 0.375. The molecule has 0 bridgehead atoms. The number of morpholine rings is 1. The summed E-state index contributed by atoms with van der Waals surface area (Å²) in [5.74, 6) is 0.141. The molecule has 1 saturated heterocycles. The van der Waals surface area contributed by atoms with Gasteiger partial charge in [-0.1, -0.05) is 17.7 Å². The van der Waals surface area contributed by atoms with Gasteiger partial charge in [0.1, 0.15) is 0 Å². The standard InChI is InChI=1S/C16H19ClN6O3/c1-9-7-22(8-10(2)26-9)16-20-14(18)13(23(24)25)15(21-16)19-12-5-3-4-11(17)6-12/h3-6,9-10H,7-8H2,1-2H3,(H3,18,19,20,21)/t9-,10+. The van der Waals surface area contributed by atoms with Crippen LogP contribution < -0.4 is 16.0 Å². The monoisotopic (exact) mass is 378 g/mol. The molecule has 2 heterocycles. The lowest BCUT2D eigenvalue weighted by molar-refractivity contribution is -0.383. The topological polar surface area (TPSA) is 119 Å². The number of nitrogens with zero attached hydrogens (tertiary/aromatic N) is 4. The molecular weight excluding hydrogens is 360 g/mol. The van der Waals surface area contributed by atoms with Crippen LogP contribution in [0.5, 0.6) is 0 Å². The normalized spacial score (nSPS) is 20.0. The Labute approximate surface area is 155 Å². The van der Waals surface area contributed by atoms with E-state index in [0.717, 1.165) is 0 Å². The Balaban J connectivity index is 2.00. The predicted molar refractivity (Wildman–Crippen MR) is 100 cm³/mol. The molecule has 0 amide bonds. The van der Waals surface area contributed by atoms with Crippen LogP contribution in [0.25, 0.3) is 0 Å². The second kappa shape index (κ2) is 7.30. The Morgan fingerprint density at radius 2 is 2.04 bits per heavy atom. The summed E-state index contributed by atoms with van der Waals surface area (Å²) in [7, 11) is 0. The number of rotatable bonds is 4. The number of aromatic nitrogens is 2. The van der Waals surface area contributed by atoms with E-state index in [4.69, 9.17) is 22.1 Å². The smallest absolute Gasteiger partial charge is 0.353 e. The first-order valence-corrected chi connectivity index (χ1v) is 8.46. The van der Waals surface area contributed by atoms with Crippen LogP contribution in [0.4, 0.5) is 29.0 Å². The Bertz CT molecular complexity index is 824. The van der Waals surface area contributed by atoms with Crippen LogP contribution in [0.3, 0.4) is 0 Å². The van der Waals surface area contributed by atoms with Crippen LogP contribution in [-0.2, 0) is 4.74 Å². The van der Waals surface area contributed by atoms with E-state index in [9.17, 15) is 10.1 Å². The molecule has 1 aliphatic heterocycles. The lowest BCUT2D eigenvalue weighted by Gasteiger charge is -2.35. The highest BCUT2D eigenvalue weighted by Crippen LogP contribution is 2.33. The Morgan fingerprint density at radius 1 is 1.35 bits per heavy atom. The van der Waals surface area contributed by atoms with Gasteiger partial charge in [0.05, 0.1) is 17.1 Å². The zero-order valence-electron chi connectivity index (χ0n) is 14.3. The summed E-state index contributed by atoms with van der Waals surface area (Å²) < 4.78 is 5.70. The van der Waals surface area contributed by atoms with E-state index in [1.807, 2.05) is 18.7 Å². The molecule has 0 aliphatic carbocycles. The number of hydrogen-bond donors (Lipinski definition) is 2. The van der Waals surface area contributed by atoms with Crippen LogP contribution in [0.1, 0.15) is 13.8 Å². The number of nitrogens with two attached hydrogens (primary N) is 1. The molecular formula is C16H19ClN6O3. The Kier molecular flexibility index (Phi) is 5.10. The van der Waals surface area contributed by atoms with E-state index in [-0.39, 0.29) is 29.5 Å². The van der Waals surface area contributed by atoms with Crippen molar-refractivity contribution in [2.24, 2.45) is 0 Å². The average molecular weight is 379 g/mol. The van der Waals surface area contributed by atoms with Gasteiger partial charge < -0.3 is 20.7 Å². The number of ether oxygens (including phenoxy) is 1. The molecule has 0 saturated carbocycles. The van der Waals surface area contributed by atoms with E-state index in [1.54, 1.807) is 24.3 Å². The van der Waals surface area contributed by atoms with Crippen LogP contribution in [0.15, 0.2) is 24.3 Å². The SMILES string of the molecule is C[C@@H]1CN(c2nc(N)c([N+](=O)[O-])c(Nc3cccc(Cl)c3)n2)C[C@H](C)O1. The Morgan fingerprint density at radius 3 is 2.65 bits per heavy atom. The molecule has 1 aliphatic rings. The quantitative estimate of drug-likeness (QED) is 0.615. The van der Waals surface area contributed by atoms with Crippen molar-refractivity contribution in [3.05, 3.63) is 39.4 Å². The van der Waals surface area contributed by atoms with Crippen molar-refractivity contribution < 1.29 is 9.66 Å². The van der Waals surface area contributed by atoms with Gasteiger partial charge in [0, 0.05) is 23.8 Å². The van der Waals surface area contributed by atoms with Crippen molar-refractivity contribution in [3.8, 4) is 0 Å². The molecule has 138 valence electrons. The number of hydrogen-bond acceptors (Lipinski definition) is 8. The number of nitrogen functional groups attached to an aromatic ring is 1. The van der Waals surface area contributed by atoms with Gasteiger partial charge in [0.2, 0.25) is 17.6 Å². The molecule has 1 fully saturated rings. The van der Waals surface area contributed by atoms with Crippen molar-refractivity contribution in [2.75, 3.05) is 29.0 Å². The molecule has 1 aromatic heterocycles. The van der Waals surface area contributed by atoms with Crippen LogP contribution in [0, 0.1) is 10.1 Å². The summed E-state index contributed by atoms with van der Waals surface area (Å²) in [5.41, 5.74) is 6.06. The second-order valence-electron chi connectivity index (χ2n) is 6.16. The Hall–Kier alpha value is -2.65. The molecule has 2 atom stereocenters. The molecule has 0 radical (unpaired) electrons. The van der Waals surface area contributed by atoms with Gasteiger partial charge in [-0.2, -0.15) is 9.97 Å². The van der Waals surface area contributed by atoms with Crippen molar-refractivity contribution in [3.63, 3.8) is 0 Å². The highest BCUT2D eigenvalue weighted by molar-refractivity contribution is 6.30. The third-order valence-corrected chi connectivity index (χ3v) is 4.11. The van der Waals surface area contributed by atoms with Crippen molar-refractivity contribution in [2.45, 2.75) is 26.1 Å². The maximum atomic E-state index is 11.4. The van der Waals surface area contributed by atoms with Crippen LogP contribution >= 0.6 is 11.6 Å². The van der Waals surface area contributed by atoms with Crippen LogP contribution in [0.2, 0.25) is 5.02 Å². The number of anilines is 4. The molecule has 0 unspecified atom stereocenters. The fourth-order valence-corrected chi connectivity index (χ4v) is 3.10. The lowest BCUT2D eigenvalue weighted by Crippen LogP contribution is -2.46. The predicted octanol–water partition coefficient (Wildman–Crippen LogP) is 2.98. The van der Waals surface area contributed by atoms with Gasteiger partial charge in [-0.3, -0.25) is 10.1 Å². The summed E-state index contributed by atoms with van der Waals surface area (Å²) in [4.78, 5) is 21.2. The lowest BCUT2D eigenvalue weighted by atomic mass is 10.2. The van der Waals surface area contributed by atoms with Gasteiger partial charge in [0.15, 0.2) is 0 Å². The van der Waals surface area contributed by atoms with Gasteiger partial charge >= 0.3 is 5.69 Å². The van der Waals surface area contributed by atoms with E-state index < -0.39 is 4.92 Å². The summed E-state index contributed by atoms with van der Waals surface area (Å²) in [6.07, 6.45) is -0.0220. The average Bonchev–Trinajstić information content (AvgIpc) is 2.53. The number of nitro groups is 1. The van der Waals surface area contributed by atoms with E-state index in [1.165, 1.54) is 0 Å². The maximum absolute atomic E-state index is 11.4. The minimum atomic E-state index is -0.601. The molecule has 9 nitrogen and oxygen atoms in total. The zero-order valence-corrected chi connectivity index (χ0v) is 15.1. The summed E-state index contributed by atoms with van der Waals surface area (Å²) in [6, 6.07) is 6.80. The molecule has 10 heteroatoms. The van der Waals surface area contributed by atoms with E-state index in [0.29, 0.717) is 29.7 Å². The largest absolute Gasteiger partial charge is 0.378 e. The molecule has 0 spiro atoms. The molecule has 3 rings (SSSR count). The highest BCUT2D eigenvalue weighted by atomic mass is 35.5. The molecule has 26 heavy (non-hydrogen) atoms. The van der Waals surface area contributed by atoms with Crippen molar-refractivity contribution in [1.29, 1.82) is 0 Å². The van der Waals surface area contributed by atoms with Crippen molar-refractivity contribution >= 4 is 40.6 Å². The minimum Gasteiger partial charge on any atom is -0.378 e. The molecule has 1 aromatic carbocycles. The summed E-state index contributed by atoms with van der Waals surface area (Å²) in [5, 5.41) is 14.9. The van der Waals surface area contributed by atoms with Gasteiger partial charge in [0.25, 0.3) is 0 Å².